The van der Waals surface area contributed by atoms with Crippen molar-refractivity contribution < 1.29 is 27.8 Å². The van der Waals surface area contributed by atoms with Gasteiger partial charge in [0.25, 0.3) is 0 Å². The maximum absolute atomic E-state index is 12.5. The van der Waals surface area contributed by atoms with E-state index >= 15 is 0 Å². The first-order chi connectivity index (χ1) is 10.3. The third-order valence-electron chi connectivity index (χ3n) is 2.80. The van der Waals surface area contributed by atoms with Gasteiger partial charge in [-0.15, -0.1) is 0 Å². The predicted molar refractivity (Wildman–Crippen MR) is 72.2 cm³/mol. The van der Waals surface area contributed by atoms with Crippen molar-refractivity contribution in [2.75, 3.05) is 13.2 Å². The fourth-order valence-corrected chi connectivity index (χ4v) is 1.73. The molecule has 0 saturated heterocycles. The highest BCUT2D eigenvalue weighted by Crippen LogP contribution is 2.19. The van der Waals surface area contributed by atoms with Crippen LogP contribution in [0.2, 0.25) is 0 Å². The van der Waals surface area contributed by atoms with E-state index in [2.05, 4.69) is 10.4 Å². The van der Waals surface area contributed by atoms with Crippen molar-refractivity contribution in [1.82, 2.24) is 15.1 Å². The first-order valence-corrected chi connectivity index (χ1v) is 6.96. The van der Waals surface area contributed by atoms with E-state index in [0.29, 0.717) is 11.1 Å². The fraction of sp³-hybridized carbons (Fsp3) is 0.692. The van der Waals surface area contributed by atoms with Crippen LogP contribution < -0.4 is 5.32 Å². The van der Waals surface area contributed by atoms with Gasteiger partial charge in [-0.25, -0.2) is 9.48 Å². The van der Waals surface area contributed by atoms with E-state index < -0.39 is 24.8 Å². The molecule has 22 heavy (non-hydrogen) atoms. The summed E-state index contributed by atoms with van der Waals surface area (Å²) in [7, 11) is 0. The van der Waals surface area contributed by atoms with Crippen LogP contribution in [0.3, 0.4) is 0 Å². The Balaban J connectivity index is 2.82. The molecule has 1 atom stereocenters. The second-order valence-corrected chi connectivity index (χ2v) is 4.71. The van der Waals surface area contributed by atoms with Crippen LogP contribution in [0.25, 0.3) is 0 Å². The third-order valence-corrected chi connectivity index (χ3v) is 2.80. The van der Waals surface area contributed by atoms with Crippen molar-refractivity contribution in [3.05, 3.63) is 17.5 Å². The van der Waals surface area contributed by atoms with Crippen molar-refractivity contribution in [1.29, 1.82) is 0 Å². The van der Waals surface area contributed by atoms with Crippen LogP contribution in [0.1, 0.15) is 36.5 Å². The van der Waals surface area contributed by atoms with Gasteiger partial charge in [0.15, 0.2) is 0 Å². The number of halogens is 3. The van der Waals surface area contributed by atoms with Crippen LogP contribution in [0.15, 0.2) is 6.07 Å². The molecule has 9 heteroatoms. The highest BCUT2D eigenvalue weighted by molar-refractivity contribution is 5.87. The zero-order valence-corrected chi connectivity index (χ0v) is 12.5. The number of nitrogens with zero attached hydrogens (tertiary/aromatic N) is 2. The van der Waals surface area contributed by atoms with E-state index in [1.54, 1.807) is 6.92 Å². The number of hydrogen-bond acceptors (Lipinski definition) is 5. The molecular weight excluding hydrogens is 303 g/mol. The Kier molecular flexibility index (Phi) is 6.82. The van der Waals surface area contributed by atoms with E-state index in [0.717, 1.165) is 0 Å². The molecule has 0 radical (unpaired) electrons. The van der Waals surface area contributed by atoms with E-state index in [9.17, 15) is 23.1 Å². The van der Waals surface area contributed by atoms with Crippen LogP contribution in [-0.2, 0) is 17.8 Å². The van der Waals surface area contributed by atoms with Gasteiger partial charge in [-0.3, -0.25) is 0 Å². The van der Waals surface area contributed by atoms with Gasteiger partial charge in [-0.1, -0.05) is 6.92 Å². The zero-order valence-electron chi connectivity index (χ0n) is 12.5. The Bertz CT molecular complexity index is 489. The number of alkyl halides is 3. The van der Waals surface area contributed by atoms with Gasteiger partial charge < -0.3 is 15.2 Å². The van der Waals surface area contributed by atoms with Crippen molar-refractivity contribution in [2.45, 2.75) is 45.6 Å². The molecule has 0 saturated carbocycles. The standard InChI is InChI=1S/C13H20F3N3O3/c1-3-10(20)7-17-6-9-5-11(12(21)22-4-2)19(18-9)8-13(14,15)16/h5,10,17,20H,3-4,6-8H2,1-2H3. The number of esters is 1. The molecule has 1 aromatic heterocycles. The first-order valence-electron chi connectivity index (χ1n) is 6.96. The molecule has 0 aliphatic heterocycles. The fourth-order valence-electron chi connectivity index (χ4n) is 1.73. The SMILES string of the molecule is CCOC(=O)c1cc(CNCC(O)CC)nn1CC(F)(F)F. The van der Waals surface area contributed by atoms with Gasteiger partial charge in [0, 0.05) is 13.1 Å². The minimum Gasteiger partial charge on any atom is -0.461 e. The quantitative estimate of drug-likeness (QED) is 0.709. The van der Waals surface area contributed by atoms with E-state index in [4.69, 9.17) is 4.74 Å². The summed E-state index contributed by atoms with van der Waals surface area (Å²) < 4.78 is 42.9. The van der Waals surface area contributed by atoms with Crippen molar-refractivity contribution >= 4 is 5.97 Å². The number of aliphatic hydroxyl groups is 1. The molecule has 126 valence electrons. The Hall–Kier alpha value is -1.61. The van der Waals surface area contributed by atoms with E-state index in [1.807, 2.05) is 6.92 Å². The topological polar surface area (TPSA) is 76.4 Å². The van der Waals surface area contributed by atoms with Gasteiger partial charge in [0.05, 0.1) is 18.4 Å². The summed E-state index contributed by atoms with van der Waals surface area (Å²) in [4.78, 5) is 11.7. The number of nitrogens with one attached hydrogen (secondary N) is 1. The lowest BCUT2D eigenvalue weighted by atomic mass is 10.3. The highest BCUT2D eigenvalue weighted by atomic mass is 19.4. The van der Waals surface area contributed by atoms with Gasteiger partial charge in [-0.2, -0.15) is 18.3 Å². The molecule has 1 unspecified atom stereocenters. The zero-order chi connectivity index (χ0) is 16.8. The summed E-state index contributed by atoms with van der Waals surface area (Å²) in [6.07, 6.45) is -4.47. The minimum atomic E-state index is -4.49. The first kappa shape index (κ1) is 18.4. The third kappa shape index (κ3) is 6.02. The molecule has 2 N–H and O–H groups in total. The molecule has 0 amide bonds. The Morgan fingerprint density at radius 1 is 1.50 bits per heavy atom. The number of ether oxygens (including phenoxy) is 1. The molecule has 1 aromatic rings. The molecule has 0 spiro atoms. The average molecular weight is 323 g/mol. The average Bonchev–Trinajstić information content (AvgIpc) is 2.79. The van der Waals surface area contributed by atoms with Gasteiger partial charge >= 0.3 is 12.1 Å². The molecule has 0 aromatic carbocycles. The molecule has 0 bridgehead atoms. The number of rotatable bonds is 8. The van der Waals surface area contributed by atoms with Gasteiger partial charge in [-0.05, 0) is 19.4 Å². The largest absolute Gasteiger partial charge is 0.461 e. The number of aliphatic hydroxyl groups excluding tert-OH is 1. The highest BCUT2D eigenvalue weighted by Gasteiger charge is 2.31. The number of carbonyl (C=O) groups is 1. The number of carbonyl (C=O) groups excluding carboxylic acids is 1. The van der Waals surface area contributed by atoms with Crippen LogP contribution in [-0.4, -0.2) is 46.3 Å². The maximum Gasteiger partial charge on any atom is 0.408 e. The summed E-state index contributed by atoms with van der Waals surface area (Å²) in [6.45, 7) is 2.51. The minimum absolute atomic E-state index is 0.0618. The van der Waals surface area contributed by atoms with Crippen molar-refractivity contribution in [3.8, 4) is 0 Å². The summed E-state index contributed by atoms with van der Waals surface area (Å²) >= 11 is 0. The second kappa shape index (κ2) is 8.14. The molecule has 0 aliphatic carbocycles. The smallest absolute Gasteiger partial charge is 0.408 e. The summed E-state index contributed by atoms with van der Waals surface area (Å²) in [5.41, 5.74) is 0.0302. The Morgan fingerprint density at radius 2 is 2.18 bits per heavy atom. The molecular formula is C13H20F3N3O3. The number of hydrogen-bond donors (Lipinski definition) is 2. The van der Waals surface area contributed by atoms with Crippen LogP contribution >= 0.6 is 0 Å². The van der Waals surface area contributed by atoms with Gasteiger partial charge in [0.1, 0.15) is 12.2 Å². The molecule has 0 aliphatic rings. The summed E-state index contributed by atoms with van der Waals surface area (Å²) in [5.74, 6) is -0.848. The second-order valence-electron chi connectivity index (χ2n) is 4.71. The summed E-state index contributed by atoms with van der Waals surface area (Å²) in [5, 5.41) is 16.0. The summed E-state index contributed by atoms with van der Waals surface area (Å²) in [6, 6.07) is 1.26. The lowest BCUT2D eigenvalue weighted by Gasteiger charge is -2.09. The molecule has 0 fully saturated rings. The Labute approximate surface area is 126 Å². The van der Waals surface area contributed by atoms with E-state index in [-0.39, 0.29) is 31.1 Å². The van der Waals surface area contributed by atoms with Crippen LogP contribution in [0, 0.1) is 0 Å². The monoisotopic (exact) mass is 323 g/mol. The van der Waals surface area contributed by atoms with Crippen molar-refractivity contribution in [2.24, 2.45) is 0 Å². The van der Waals surface area contributed by atoms with E-state index in [1.165, 1.54) is 6.07 Å². The van der Waals surface area contributed by atoms with Crippen LogP contribution in [0.4, 0.5) is 13.2 Å². The maximum atomic E-state index is 12.5. The van der Waals surface area contributed by atoms with Crippen molar-refractivity contribution in [3.63, 3.8) is 0 Å². The molecule has 6 nitrogen and oxygen atoms in total. The predicted octanol–water partition coefficient (Wildman–Crippen LogP) is 1.48. The normalized spacial score (nSPS) is 13.2. The lowest BCUT2D eigenvalue weighted by molar-refractivity contribution is -0.142. The lowest BCUT2D eigenvalue weighted by Crippen LogP contribution is -2.26. The Morgan fingerprint density at radius 3 is 2.73 bits per heavy atom. The molecule has 1 rings (SSSR count). The molecule has 1 heterocycles. The van der Waals surface area contributed by atoms with Crippen LogP contribution in [0.5, 0.6) is 0 Å². The number of aromatic nitrogens is 2. The van der Waals surface area contributed by atoms with Gasteiger partial charge in [0.2, 0.25) is 0 Å².